The van der Waals surface area contributed by atoms with Gasteiger partial charge in [0.05, 0.1) is 0 Å². The van der Waals surface area contributed by atoms with E-state index in [1.54, 1.807) is 0 Å². The molecule has 1 heterocycles. The van der Waals surface area contributed by atoms with Crippen LogP contribution in [0.1, 0.15) is 27.2 Å². The summed E-state index contributed by atoms with van der Waals surface area (Å²) in [5.74, 6) is 2.89. The van der Waals surface area contributed by atoms with E-state index in [4.69, 9.17) is 0 Å². The van der Waals surface area contributed by atoms with Gasteiger partial charge in [-0.05, 0) is 31.2 Å². The van der Waals surface area contributed by atoms with Crippen LogP contribution in [0.3, 0.4) is 0 Å². The summed E-state index contributed by atoms with van der Waals surface area (Å²) in [6.07, 6.45) is 1.46. The highest BCUT2D eigenvalue weighted by atomic mass is 15.2. The second kappa shape index (κ2) is 2.22. The van der Waals surface area contributed by atoms with Crippen LogP contribution in [0.4, 0.5) is 0 Å². The van der Waals surface area contributed by atoms with E-state index < -0.39 is 0 Å². The first-order chi connectivity index (χ1) is 5.13. The van der Waals surface area contributed by atoms with Gasteiger partial charge in [0.1, 0.15) is 0 Å². The summed E-state index contributed by atoms with van der Waals surface area (Å²) >= 11 is 0. The Labute approximate surface area is 69.8 Å². The van der Waals surface area contributed by atoms with E-state index in [-0.39, 0.29) is 0 Å². The lowest BCUT2D eigenvalue weighted by molar-refractivity contribution is 0.201. The molecule has 0 bridgehead atoms. The van der Waals surface area contributed by atoms with Crippen LogP contribution in [0, 0.1) is 17.8 Å². The molecular formula is C10H19N. The first-order valence-electron chi connectivity index (χ1n) is 4.85. The minimum atomic E-state index is 0.847. The molecule has 0 spiro atoms. The lowest BCUT2D eigenvalue weighted by Crippen LogP contribution is -2.34. The van der Waals surface area contributed by atoms with E-state index in [0.29, 0.717) is 0 Å². The summed E-state index contributed by atoms with van der Waals surface area (Å²) in [6.45, 7) is 7.08. The summed E-state index contributed by atoms with van der Waals surface area (Å²) in [4.78, 5) is 2.61. The summed E-state index contributed by atoms with van der Waals surface area (Å²) in [7, 11) is 2.30. The van der Waals surface area contributed by atoms with Crippen molar-refractivity contribution in [3.8, 4) is 0 Å². The van der Waals surface area contributed by atoms with Gasteiger partial charge in [0.25, 0.3) is 0 Å². The Balaban J connectivity index is 2.01. The van der Waals surface area contributed by atoms with Gasteiger partial charge < -0.3 is 0 Å². The van der Waals surface area contributed by atoms with E-state index in [0.717, 1.165) is 29.8 Å². The van der Waals surface area contributed by atoms with Gasteiger partial charge in [-0.25, -0.2) is 0 Å². The van der Waals surface area contributed by atoms with Gasteiger partial charge in [0.15, 0.2) is 0 Å². The summed E-state index contributed by atoms with van der Waals surface area (Å²) < 4.78 is 0. The average Bonchev–Trinajstić information content (AvgIpc) is 2.36. The predicted octanol–water partition coefficient (Wildman–Crippen LogP) is 1.98. The quantitative estimate of drug-likeness (QED) is 0.557. The molecule has 2 aliphatic rings. The third-order valence-electron chi connectivity index (χ3n) is 3.79. The molecule has 0 radical (unpaired) electrons. The molecule has 4 atom stereocenters. The first-order valence-corrected chi connectivity index (χ1v) is 4.85. The van der Waals surface area contributed by atoms with Gasteiger partial charge in [-0.1, -0.05) is 20.8 Å². The molecule has 11 heavy (non-hydrogen) atoms. The molecule has 2 fully saturated rings. The van der Waals surface area contributed by atoms with Gasteiger partial charge in [-0.3, -0.25) is 4.90 Å². The Morgan fingerprint density at radius 1 is 1.36 bits per heavy atom. The fourth-order valence-corrected chi connectivity index (χ4v) is 2.96. The Kier molecular flexibility index (Phi) is 1.54. The first kappa shape index (κ1) is 7.60. The third kappa shape index (κ3) is 0.936. The van der Waals surface area contributed by atoms with Crippen molar-refractivity contribution in [3.05, 3.63) is 0 Å². The molecule has 0 amide bonds. The maximum atomic E-state index is 2.61. The van der Waals surface area contributed by atoms with Crippen molar-refractivity contribution in [2.75, 3.05) is 7.05 Å². The van der Waals surface area contributed by atoms with Crippen molar-refractivity contribution < 1.29 is 0 Å². The van der Waals surface area contributed by atoms with Gasteiger partial charge in [0.2, 0.25) is 0 Å². The standard InChI is InChI=1S/C10H19N/c1-6(2)9-5-8-7(3)10(8)11(9)4/h6-10H,5H2,1-4H3/t7-,8+,9+,10-/m1/s1. The molecule has 1 saturated heterocycles. The maximum absolute atomic E-state index is 2.61. The second-order valence-corrected chi connectivity index (χ2v) is 4.73. The van der Waals surface area contributed by atoms with Crippen LogP contribution in [0.25, 0.3) is 0 Å². The van der Waals surface area contributed by atoms with Crippen LogP contribution in [0.2, 0.25) is 0 Å². The zero-order valence-electron chi connectivity index (χ0n) is 8.04. The highest BCUT2D eigenvalue weighted by molar-refractivity contribution is 5.09. The molecule has 0 N–H and O–H groups in total. The summed E-state index contributed by atoms with van der Waals surface area (Å²) in [5, 5.41) is 0. The lowest BCUT2D eigenvalue weighted by atomic mass is 9.99. The monoisotopic (exact) mass is 153 g/mol. The van der Waals surface area contributed by atoms with Crippen LogP contribution in [-0.4, -0.2) is 24.0 Å². The van der Waals surface area contributed by atoms with Gasteiger partial charge in [-0.15, -0.1) is 0 Å². The molecule has 1 aliphatic carbocycles. The highest BCUT2D eigenvalue weighted by Crippen LogP contribution is 2.53. The van der Waals surface area contributed by atoms with Crippen LogP contribution < -0.4 is 0 Å². The van der Waals surface area contributed by atoms with Crippen LogP contribution in [0.15, 0.2) is 0 Å². The van der Waals surface area contributed by atoms with E-state index in [9.17, 15) is 0 Å². The molecule has 1 aliphatic heterocycles. The number of nitrogens with zero attached hydrogens (tertiary/aromatic N) is 1. The van der Waals surface area contributed by atoms with Crippen LogP contribution >= 0.6 is 0 Å². The van der Waals surface area contributed by atoms with Gasteiger partial charge >= 0.3 is 0 Å². The summed E-state index contributed by atoms with van der Waals surface area (Å²) in [5.41, 5.74) is 0. The molecule has 1 saturated carbocycles. The Morgan fingerprint density at radius 2 is 2.00 bits per heavy atom. The fourth-order valence-electron chi connectivity index (χ4n) is 2.96. The number of rotatable bonds is 1. The number of piperidine rings is 1. The zero-order valence-corrected chi connectivity index (χ0v) is 8.04. The summed E-state index contributed by atoms with van der Waals surface area (Å²) in [6, 6.07) is 1.82. The van der Waals surface area contributed by atoms with Crippen LogP contribution in [0.5, 0.6) is 0 Å². The lowest BCUT2D eigenvalue weighted by Gasteiger charge is -2.27. The van der Waals surface area contributed by atoms with Crippen LogP contribution in [-0.2, 0) is 0 Å². The van der Waals surface area contributed by atoms with E-state index in [2.05, 4.69) is 32.7 Å². The molecule has 1 heteroatoms. The third-order valence-corrected chi connectivity index (χ3v) is 3.79. The van der Waals surface area contributed by atoms with Crippen molar-refractivity contribution in [2.45, 2.75) is 39.3 Å². The normalized spacial score (nSPS) is 49.9. The van der Waals surface area contributed by atoms with Crippen molar-refractivity contribution in [1.29, 1.82) is 0 Å². The SMILES string of the molecule is CC(C)[C@@H]1C[C@H]2[C@@H](C)[C@H]2N1C. The van der Waals surface area contributed by atoms with E-state index in [1.807, 2.05) is 0 Å². The maximum Gasteiger partial charge on any atom is 0.0156 e. The molecule has 1 nitrogen and oxygen atoms in total. The Hall–Kier alpha value is -0.0400. The minimum absolute atomic E-state index is 0.847. The molecule has 2 rings (SSSR count). The van der Waals surface area contributed by atoms with Gasteiger partial charge in [0, 0.05) is 12.1 Å². The Bertz CT molecular complexity index is 164. The number of hydrogen-bond donors (Lipinski definition) is 0. The van der Waals surface area contributed by atoms with Crippen molar-refractivity contribution >= 4 is 0 Å². The average molecular weight is 153 g/mol. The molecule has 0 aromatic heterocycles. The van der Waals surface area contributed by atoms with E-state index in [1.165, 1.54) is 6.42 Å². The van der Waals surface area contributed by atoms with Crippen molar-refractivity contribution in [1.82, 2.24) is 4.90 Å². The molecule has 0 aromatic rings. The topological polar surface area (TPSA) is 3.24 Å². The predicted molar refractivity (Wildman–Crippen MR) is 47.4 cm³/mol. The molecule has 0 aromatic carbocycles. The zero-order chi connectivity index (χ0) is 8.17. The molecular weight excluding hydrogens is 134 g/mol. The largest absolute Gasteiger partial charge is 0.300 e. The number of likely N-dealkylation sites (tertiary alicyclic amines) is 1. The minimum Gasteiger partial charge on any atom is -0.300 e. The molecule has 0 unspecified atom stereocenters. The smallest absolute Gasteiger partial charge is 0.0156 e. The fraction of sp³-hybridized carbons (Fsp3) is 1.00. The Morgan fingerprint density at radius 3 is 2.36 bits per heavy atom. The van der Waals surface area contributed by atoms with Crippen molar-refractivity contribution in [2.24, 2.45) is 17.8 Å². The highest BCUT2D eigenvalue weighted by Gasteiger charge is 2.56. The second-order valence-electron chi connectivity index (χ2n) is 4.73. The number of hydrogen-bond acceptors (Lipinski definition) is 1. The van der Waals surface area contributed by atoms with Crippen molar-refractivity contribution in [3.63, 3.8) is 0 Å². The molecule has 64 valence electrons. The van der Waals surface area contributed by atoms with Gasteiger partial charge in [-0.2, -0.15) is 0 Å². The van der Waals surface area contributed by atoms with E-state index >= 15 is 0 Å². The number of fused-ring (bicyclic) bond motifs is 1.